The molecule has 0 atom stereocenters. The zero-order valence-corrected chi connectivity index (χ0v) is 12.9. The van der Waals surface area contributed by atoms with Crippen molar-refractivity contribution in [2.75, 3.05) is 25.5 Å². The lowest BCUT2D eigenvalue weighted by molar-refractivity contribution is -0.125. The van der Waals surface area contributed by atoms with E-state index in [1.807, 2.05) is 0 Å². The van der Waals surface area contributed by atoms with Crippen LogP contribution in [0.2, 0.25) is 0 Å². The Balaban J connectivity index is 1.95. The molecule has 0 radical (unpaired) electrons. The van der Waals surface area contributed by atoms with E-state index in [1.165, 1.54) is 6.92 Å². The second kappa shape index (κ2) is 7.06. The third-order valence-electron chi connectivity index (χ3n) is 3.85. The van der Waals surface area contributed by atoms with E-state index < -0.39 is 0 Å². The number of nitrogens with zero attached hydrogens (tertiary/aromatic N) is 1. The summed E-state index contributed by atoms with van der Waals surface area (Å²) >= 11 is 0. The molecule has 118 valence electrons. The van der Waals surface area contributed by atoms with E-state index in [1.54, 1.807) is 36.2 Å². The van der Waals surface area contributed by atoms with Crippen LogP contribution >= 0.6 is 0 Å². The highest BCUT2D eigenvalue weighted by Gasteiger charge is 2.27. The number of piperidine rings is 1. The molecule has 3 amide bonds. The number of carbonyl (C=O) groups is 3. The van der Waals surface area contributed by atoms with E-state index >= 15 is 0 Å². The Hall–Kier alpha value is -2.37. The zero-order valence-electron chi connectivity index (χ0n) is 12.9. The minimum Gasteiger partial charge on any atom is -0.359 e. The Morgan fingerprint density at radius 2 is 1.68 bits per heavy atom. The highest BCUT2D eigenvalue weighted by Crippen LogP contribution is 2.20. The van der Waals surface area contributed by atoms with E-state index in [2.05, 4.69) is 10.6 Å². The highest BCUT2D eigenvalue weighted by molar-refractivity contribution is 5.95. The molecule has 1 saturated heterocycles. The number of carbonyl (C=O) groups excluding carboxylic acids is 3. The predicted octanol–water partition coefficient (Wildman–Crippen LogP) is 1.24. The molecular formula is C16H21N3O3. The molecule has 6 nitrogen and oxygen atoms in total. The first-order chi connectivity index (χ1) is 10.5. The number of hydrogen-bond acceptors (Lipinski definition) is 3. The minimum atomic E-state index is -0.143. The monoisotopic (exact) mass is 303 g/mol. The number of rotatable bonds is 3. The molecule has 2 rings (SSSR count). The van der Waals surface area contributed by atoms with E-state index in [9.17, 15) is 14.4 Å². The maximum Gasteiger partial charge on any atom is 0.253 e. The van der Waals surface area contributed by atoms with Crippen molar-refractivity contribution in [3.8, 4) is 0 Å². The van der Waals surface area contributed by atoms with Gasteiger partial charge in [-0.3, -0.25) is 14.4 Å². The molecule has 0 aliphatic carbocycles. The van der Waals surface area contributed by atoms with Gasteiger partial charge in [-0.1, -0.05) is 0 Å². The van der Waals surface area contributed by atoms with Crippen molar-refractivity contribution < 1.29 is 14.4 Å². The first kappa shape index (κ1) is 16.0. The first-order valence-electron chi connectivity index (χ1n) is 7.39. The molecule has 6 heteroatoms. The fourth-order valence-corrected chi connectivity index (χ4v) is 2.63. The van der Waals surface area contributed by atoms with Crippen molar-refractivity contribution in [1.29, 1.82) is 0 Å². The normalized spacial score (nSPS) is 15.3. The maximum absolute atomic E-state index is 12.4. The SMILES string of the molecule is CNC(=O)C1CCN(C(=O)c2ccc(NC(C)=O)cc2)CC1. The molecule has 0 spiro atoms. The Kier molecular flexibility index (Phi) is 5.14. The Labute approximate surface area is 129 Å². The number of hydrogen-bond donors (Lipinski definition) is 2. The van der Waals surface area contributed by atoms with Crippen LogP contribution in [0.5, 0.6) is 0 Å². The topological polar surface area (TPSA) is 78.5 Å². The minimum absolute atomic E-state index is 0.00353. The summed E-state index contributed by atoms with van der Waals surface area (Å²) in [5.74, 6) is -0.136. The number of likely N-dealkylation sites (tertiary alicyclic amines) is 1. The first-order valence-corrected chi connectivity index (χ1v) is 7.39. The molecule has 0 saturated carbocycles. The third-order valence-corrected chi connectivity index (χ3v) is 3.85. The molecule has 1 heterocycles. The van der Waals surface area contributed by atoms with E-state index in [4.69, 9.17) is 0 Å². The number of amides is 3. The van der Waals surface area contributed by atoms with E-state index in [0.29, 0.717) is 37.2 Å². The highest BCUT2D eigenvalue weighted by atomic mass is 16.2. The van der Waals surface area contributed by atoms with Crippen molar-refractivity contribution in [3.63, 3.8) is 0 Å². The van der Waals surface area contributed by atoms with Crippen LogP contribution in [0.25, 0.3) is 0 Å². The molecule has 0 aromatic heterocycles. The van der Waals surface area contributed by atoms with Crippen molar-refractivity contribution in [2.45, 2.75) is 19.8 Å². The second-order valence-electron chi connectivity index (χ2n) is 5.44. The van der Waals surface area contributed by atoms with Crippen molar-refractivity contribution in [1.82, 2.24) is 10.2 Å². The lowest BCUT2D eigenvalue weighted by Crippen LogP contribution is -2.42. The molecular weight excluding hydrogens is 282 g/mol. The summed E-state index contributed by atoms with van der Waals surface area (Å²) in [4.78, 5) is 36.7. The van der Waals surface area contributed by atoms with Gasteiger partial charge in [0.25, 0.3) is 5.91 Å². The molecule has 22 heavy (non-hydrogen) atoms. The van der Waals surface area contributed by atoms with Crippen molar-refractivity contribution in [2.24, 2.45) is 5.92 Å². The average molecular weight is 303 g/mol. The van der Waals surface area contributed by atoms with Gasteiger partial charge in [-0.15, -0.1) is 0 Å². The smallest absolute Gasteiger partial charge is 0.253 e. The number of anilines is 1. The van der Waals surface area contributed by atoms with Gasteiger partial charge in [0.1, 0.15) is 0 Å². The van der Waals surface area contributed by atoms with Crippen molar-refractivity contribution in [3.05, 3.63) is 29.8 Å². The number of nitrogens with one attached hydrogen (secondary N) is 2. The lowest BCUT2D eigenvalue weighted by Gasteiger charge is -2.31. The summed E-state index contributed by atoms with van der Waals surface area (Å²) in [7, 11) is 1.64. The largest absolute Gasteiger partial charge is 0.359 e. The fourth-order valence-electron chi connectivity index (χ4n) is 2.63. The van der Waals surface area contributed by atoms with Gasteiger partial charge in [0.05, 0.1) is 0 Å². The quantitative estimate of drug-likeness (QED) is 0.882. The molecule has 1 aromatic rings. The predicted molar refractivity (Wildman–Crippen MR) is 83.4 cm³/mol. The van der Waals surface area contributed by atoms with Crippen molar-refractivity contribution >= 4 is 23.4 Å². The molecule has 2 N–H and O–H groups in total. The Morgan fingerprint density at radius 3 is 2.18 bits per heavy atom. The van der Waals surface area contributed by atoms with Crippen LogP contribution in [0.1, 0.15) is 30.1 Å². The number of benzene rings is 1. The molecule has 1 aliphatic rings. The molecule has 1 aliphatic heterocycles. The van der Waals surface area contributed by atoms with Gasteiger partial charge < -0.3 is 15.5 Å². The standard InChI is InChI=1S/C16H21N3O3/c1-11(20)18-14-5-3-13(4-6-14)16(22)19-9-7-12(8-10-19)15(21)17-2/h3-6,12H,7-10H2,1-2H3,(H,17,21)(H,18,20). The molecule has 1 fully saturated rings. The Bertz CT molecular complexity index is 561. The van der Waals surface area contributed by atoms with E-state index in [-0.39, 0.29) is 23.6 Å². The zero-order chi connectivity index (χ0) is 16.1. The van der Waals surface area contributed by atoms with Gasteiger partial charge in [-0.25, -0.2) is 0 Å². The van der Waals surface area contributed by atoms with Crippen LogP contribution in [0, 0.1) is 5.92 Å². The van der Waals surface area contributed by atoms with Gasteiger partial charge in [0, 0.05) is 44.2 Å². The summed E-state index contributed by atoms with van der Waals surface area (Å²) in [6.45, 7) is 2.62. The molecule has 0 unspecified atom stereocenters. The average Bonchev–Trinajstić information content (AvgIpc) is 2.54. The lowest BCUT2D eigenvalue weighted by atomic mass is 9.95. The summed E-state index contributed by atoms with van der Waals surface area (Å²) in [5.41, 5.74) is 1.26. The van der Waals surface area contributed by atoms with Gasteiger partial charge in [0.2, 0.25) is 11.8 Å². The fraction of sp³-hybridized carbons (Fsp3) is 0.438. The van der Waals surface area contributed by atoms with Crippen LogP contribution in [0.4, 0.5) is 5.69 Å². The van der Waals surface area contributed by atoms with E-state index in [0.717, 1.165) is 0 Å². The summed E-state index contributed by atoms with van der Waals surface area (Å²) in [6, 6.07) is 6.84. The second-order valence-corrected chi connectivity index (χ2v) is 5.44. The van der Waals surface area contributed by atoms with Crippen LogP contribution < -0.4 is 10.6 Å². The van der Waals surface area contributed by atoms with Gasteiger partial charge in [-0.2, -0.15) is 0 Å². The van der Waals surface area contributed by atoms with Crippen LogP contribution in [-0.4, -0.2) is 42.8 Å². The van der Waals surface area contributed by atoms with Gasteiger partial charge >= 0.3 is 0 Å². The maximum atomic E-state index is 12.4. The Morgan fingerprint density at radius 1 is 1.09 bits per heavy atom. The van der Waals surface area contributed by atoms with Gasteiger partial charge in [0.15, 0.2) is 0 Å². The molecule has 0 bridgehead atoms. The molecule has 1 aromatic carbocycles. The van der Waals surface area contributed by atoms with Crippen LogP contribution in [-0.2, 0) is 9.59 Å². The summed E-state index contributed by atoms with van der Waals surface area (Å²) in [6.07, 6.45) is 1.38. The van der Waals surface area contributed by atoms with Gasteiger partial charge in [-0.05, 0) is 37.1 Å². The van der Waals surface area contributed by atoms with Crippen LogP contribution in [0.3, 0.4) is 0 Å². The van der Waals surface area contributed by atoms with Crippen LogP contribution in [0.15, 0.2) is 24.3 Å². The third kappa shape index (κ3) is 3.84. The summed E-state index contributed by atoms with van der Waals surface area (Å²) < 4.78 is 0. The summed E-state index contributed by atoms with van der Waals surface area (Å²) in [5, 5.41) is 5.32.